The van der Waals surface area contributed by atoms with E-state index in [2.05, 4.69) is 5.32 Å². The van der Waals surface area contributed by atoms with Crippen LogP contribution in [-0.2, 0) is 16.0 Å². The molecule has 2 heterocycles. The molecule has 9 heteroatoms. The van der Waals surface area contributed by atoms with Gasteiger partial charge in [0.15, 0.2) is 11.5 Å². The molecule has 27 heavy (non-hydrogen) atoms. The second-order valence-corrected chi connectivity index (χ2v) is 7.68. The van der Waals surface area contributed by atoms with Gasteiger partial charge in [0.25, 0.3) is 11.1 Å². The monoisotopic (exact) mass is 404 g/mol. The number of thioether (sulfide) groups is 1. The standard InChI is InChI=1S/C18H16N2O5S2/c21-13-4-3-11(8-14(13)22)5-6-19-16(23)10-20-17(24)15(27-18(20)25)9-12-2-1-7-26-12/h1-4,7-9,21-22H,5-6,10H2,(H,19,23). The largest absolute Gasteiger partial charge is 0.504 e. The molecule has 2 aromatic rings. The highest BCUT2D eigenvalue weighted by atomic mass is 32.2. The van der Waals surface area contributed by atoms with Gasteiger partial charge in [-0.3, -0.25) is 19.3 Å². The maximum atomic E-state index is 12.3. The summed E-state index contributed by atoms with van der Waals surface area (Å²) in [6.45, 7) is -0.0718. The third-order valence-corrected chi connectivity index (χ3v) is 5.49. The summed E-state index contributed by atoms with van der Waals surface area (Å²) in [5.41, 5.74) is 0.732. The fourth-order valence-electron chi connectivity index (χ4n) is 2.41. The van der Waals surface area contributed by atoms with Crippen molar-refractivity contribution in [2.24, 2.45) is 0 Å². The lowest BCUT2D eigenvalue weighted by molar-refractivity contribution is -0.129. The minimum atomic E-state index is -0.475. The number of rotatable bonds is 6. The van der Waals surface area contributed by atoms with E-state index >= 15 is 0 Å². The Labute approximate surface area is 163 Å². The van der Waals surface area contributed by atoms with E-state index in [-0.39, 0.29) is 24.6 Å². The Morgan fingerprint density at radius 2 is 2.00 bits per heavy atom. The number of thiophene rings is 1. The molecule has 1 aromatic carbocycles. The molecule has 140 valence electrons. The van der Waals surface area contributed by atoms with Crippen LogP contribution in [0, 0.1) is 0 Å². The van der Waals surface area contributed by atoms with Crippen LogP contribution < -0.4 is 5.32 Å². The van der Waals surface area contributed by atoms with E-state index in [1.165, 1.54) is 23.5 Å². The predicted molar refractivity (Wildman–Crippen MR) is 103 cm³/mol. The second kappa shape index (κ2) is 8.28. The number of phenolic OH excluding ortho intramolecular Hbond substituents is 2. The number of carbonyl (C=O) groups is 3. The molecule has 1 saturated heterocycles. The maximum Gasteiger partial charge on any atom is 0.294 e. The molecule has 3 rings (SSSR count). The molecule has 3 amide bonds. The van der Waals surface area contributed by atoms with Crippen LogP contribution in [-0.4, -0.2) is 45.3 Å². The number of benzene rings is 1. The molecule has 3 N–H and O–H groups in total. The van der Waals surface area contributed by atoms with Crippen molar-refractivity contribution in [3.63, 3.8) is 0 Å². The highest BCUT2D eigenvalue weighted by Crippen LogP contribution is 2.32. The Kier molecular flexibility index (Phi) is 5.82. The zero-order chi connectivity index (χ0) is 19.4. The SMILES string of the molecule is O=C(CN1C(=O)SC(=Cc2cccs2)C1=O)NCCc1ccc(O)c(O)c1. The van der Waals surface area contributed by atoms with Crippen LogP contribution in [0.15, 0.2) is 40.6 Å². The van der Waals surface area contributed by atoms with E-state index in [1.807, 2.05) is 17.5 Å². The molecule has 1 fully saturated rings. The van der Waals surface area contributed by atoms with Crippen LogP contribution in [0.1, 0.15) is 10.4 Å². The molecular weight excluding hydrogens is 388 g/mol. The van der Waals surface area contributed by atoms with E-state index < -0.39 is 17.1 Å². The van der Waals surface area contributed by atoms with Gasteiger partial charge in [-0.05, 0) is 53.4 Å². The van der Waals surface area contributed by atoms with E-state index in [0.29, 0.717) is 11.3 Å². The highest BCUT2D eigenvalue weighted by molar-refractivity contribution is 8.18. The summed E-state index contributed by atoms with van der Waals surface area (Å²) in [4.78, 5) is 38.5. The molecule has 0 aliphatic carbocycles. The number of carbonyl (C=O) groups excluding carboxylic acids is 3. The smallest absolute Gasteiger partial charge is 0.294 e. The number of phenols is 2. The fraction of sp³-hybridized carbons (Fsp3) is 0.167. The third kappa shape index (κ3) is 4.69. The van der Waals surface area contributed by atoms with Crippen molar-refractivity contribution in [3.05, 3.63) is 51.1 Å². The Morgan fingerprint density at radius 3 is 2.70 bits per heavy atom. The van der Waals surface area contributed by atoms with Crippen LogP contribution in [0.2, 0.25) is 0 Å². The van der Waals surface area contributed by atoms with Gasteiger partial charge >= 0.3 is 0 Å². The summed E-state index contributed by atoms with van der Waals surface area (Å²) in [6, 6.07) is 8.10. The normalized spacial score (nSPS) is 15.6. The lowest BCUT2D eigenvalue weighted by Gasteiger charge is -2.12. The van der Waals surface area contributed by atoms with Gasteiger partial charge in [0.2, 0.25) is 5.91 Å². The zero-order valence-electron chi connectivity index (χ0n) is 14.0. The Bertz CT molecular complexity index is 908. The summed E-state index contributed by atoms with van der Waals surface area (Å²) in [5, 5.41) is 22.8. The van der Waals surface area contributed by atoms with Crippen molar-refractivity contribution in [1.82, 2.24) is 10.2 Å². The van der Waals surface area contributed by atoms with Gasteiger partial charge in [-0.15, -0.1) is 11.3 Å². The minimum absolute atomic E-state index is 0.210. The van der Waals surface area contributed by atoms with Crippen molar-refractivity contribution in [3.8, 4) is 11.5 Å². The van der Waals surface area contributed by atoms with Crippen molar-refractivity contribution < 1.29 is 24.6 Å². The first-order valence-electron chi connectivity index (χ1n) is 8.00. The molecule has 0 unspecified atom stereocenters. The zero-order valence-corrected chi connectivity index (χ0v) is 15.7. The quantitative estimate of drug-likeness (QED) is 0.505. The second-order valence-electron chi connectivity index (χ2n) is 5.71. The number of hydrogen-bond donors (Lipinski definition) is 3. The number of hydrogen-bond acceptors (Lipinski definition) is 7. The maximum absolute atomic E-state index is 12.3. The summed E-state index contributed by atoms with van der Waals surface area (Å²) in [7, 11) is 0. The van der Waals surface area contributed by atoms with Crippen LogP contribution in [0.25, 0.3) is 6.08 Å². The Hall–Kier alpha value is -2.78. The van der Waals surface area contributed by atoms with E-state index in [1.54, 1.807) is 12.1 Å². The lowest BCUT2D eigenvalue weighted by Crippen LogP contribution is -2.40. The minimum Gasteiger partial charge on any atom is -0.504 e. The summed E-state index contributed by atoms with van der Waals surface area (Å²) in [6.07, 6.45) is 2.07. The van der Waals surface area contributed by atoms with Crippen molar-refractivity contribution in [2.75, 3.05) is 13.1 Å². The number of imide groups is 1. The van der Waals surface area contributed by atoms with Gasteiger partial charge in [0, 0.05) is 11.4 Å². The summed E-state index contributed by atoms with van der Waals surface area (Å²) in [5.74, 6) is -1.36. The summed E-state index contributed by atoms with van der Waals surface area (Å²) < 4.78 is 0. The average molecular weight is 404 g/mol. The van der Waals surface area contributed by atoms with Gasteiger partial charge < -0.3 is 15.5 Å². The molecule has 1 aliphatic heterocycles. The first kappa shape index (κ1) is 19.0. The van der Waals surface area contributed by atoms with E-state index in [0.717, 1.165) is 27.1 Å². The van der Waals surface area contributed by atoms with Gasteiger partial charge in [-0.25, -0.2) is 0 Å². The Balaban J connectivity index is 1.52. The summed E-state index contributed by atoms with van der Waals surface area (Å²) >= 11 is 2.27. The lowest BCUT2D eigenvalue weighted by atomic mass is 10.1. The molecule has 1 aliphatic rings. The Morgan fingerprint density at radius 1 is 1.19 bits per heavy atom. The molecule has 0 bridgehead atoms. The third-order valence-electron chi connectivity index (χ3n) is 3.77. The van der Waals surface area contributed by atoms with Crippen LogP contribution in [0.5, 0.6) is 11.5 Å². The van der Waals surface area contributed by atoms with E-state index in [9.17, 15) is 24.6 Å². The number of aromatic hydroxyl groups is 2. The topological polar surface area (TPSA) is 107 Å². The van der Waals surface area contributed by atoms with Crippen molar-refractivity contribution in [2.45, 2.75) is 6.42 Å². The van der Waals surface area contributed by atoms with Gasteiger partial charge in [0.1, 0.15) is 6.54 Å². The molecule has 0 atom stereocenters. The van der Waals surface area contributed by atoms with Crippen molar-refractivity contribution >= 4 is 46.2 Å². The molecule has 0 spiro atoms. The highest BCUT2D eigenvalue weighted by Gasteiger charge is 2.36. The number of nitrogens with one attached hydrogen (secondary N) is 1. The predicted octanol–water partition coefficient (Wildman–Crippen LogP) is 2.55. The molecule has 7 nitrogen and oxygen atoms in total. The fourth-order valence-corrected chi connectivity index (χ4v) is 3.97. The first-order valence-corrected chi connectivity index (χ1v) is 9.70. The van der Waals surface area contributed by atoms with Crippen LogP contribution in [0.3, 0.4) is 0 Å². The van der Waals surface area contributed by atoms with Gasteiger partial charge in [-0.2, -0.15) is 0 Å². The number of nitrogens with zero attached hydrogens (tertiary/aromatic N) is 1. The molecular formula is C18H16N2O5S2. The van der Waals surface area contributed by atoms with Gasteiger partial charge in [0.05, 0.1) is 4.91 Å². The van der Waals surface area contributed by atoms with Crippen LogP contribution in [0.4, 0.5) is 4.79 Å². The van der Waals surface area contributed by atoms with Gasteiger partial charge in [-0.1, -0.05) is 12.1 Å². The molecule has 1 aromatic heterocycles. The van der Waals surface area contributed by atoms with Crippen LogP contribution >= 0.6 is 23.1 Å². The molecule has 0 radical (unpaired) electrons. The molecule has 0 saturated carbocycles. The van der Waals surface area contributed by atoms with Crippen molar-refractivity contribution in [1.29, 1.82) is 0 Å². The van der Waals surface area contributed by atoms with E-state index in [4.69, 9.17) is 0 Å². The first-order chi connectivity index (χ1) is 12.9. The number of amides is 3. The average Bonchev–Trinajstić information content (AvgIpc) is 3.22.